The molecule has 30 heavy (non-hydrogen) atoms. The second-order valence-corrected chi connectivity index (χ2v) is 7.37. The molecular weight excluding hydrogens is 427 g/mol. The number of hydrogen-bond donors (Lipinski definition) is 1. The van der Waals surface area contributed by atoms with Crippen LogP contribution >= 0.6 is 23.2 Å². The highest BCUT2D eigenvalue weighted by atomic mass is 35.5. The summed E-state index contributed by atoms with van der Waals surface area (Å²) in [7, 11) is 0. The molecule has 0 bridgehead atoms. The Balaban J connectivity index is 1.59. The smallest absolute Gasteiger partial charge is 0.292 e. The van der Waals surface area contributed by atoms with Crippen LogP contribution in [0.25, 0.3) is 16.8 Å². The van der Waals surface area contributed by atoms with Crippen molar-refractivity contribution in [2.75, 3.05) is 6.61 Å². The van der Waals surface area contributed by atoms with Crippen LogP contribution in [0.15, 0.2) is 51.9 Å². The molecule has 1 amide bonds. The molecule has 0 fully saturated rings. The molecule has 2 aromatic carbocycles. The van der Waals surface area contributed by atoms with Crippen LogP contribution in [-0.2, 0) is 6.54 Å². The maximum Gasteiger partial charge on any atom is 0.292 e. The summed E-state index contributed by atoms with van der Waals surface area (Å²) in [6.07, 6.45) is 3.31. The van der Waals surface area contributed by atoms with Gasteiger partial charge in [0.2, 0.25) is 0 Å². The number of amides is 1. The van der Waals surface area contributed by atoms with Crippen LogP contribution in [0.4, 0.5) is 0 Å². The molecule has 7 nitrogen and oxygen atoms in total. The van der Waals surface area contributed by atoms with E-state index in [1.54, 1.807) is 43.3 Å². The zero-order chi connectivity index (χ0) is 21.3. The summed E-state index contributed by atoms with van der Waals surface area (Å²) < 4.78 is 6.90. The first-order valence-corrected chi connectivity index (χ1v) is 9.89. The van der Waals surface area contributed by atoms with E-state index in [2.05, 4.69) is 15.6 Å². The number of halogens is 2. The number of aryl methyl sites for hydroxylation is 1. The maximum atomic E-state index is 12.7. The second-order valence-electron chi connectivity index (χ2n) is 6.53. The fraction of sp³-hybridized carbons (Fsp3) is 0.143. The Kier molecular flexibility index (Phi) is 5.57. The van der Waals surface area contributed by atoms with Gasteiger partial charge in [-0.15, -0.1) is 0 Å². The normalized spacial score (nSPS) is 13.1. The van der Waals surface area contributed by atoms with Crippen molar-refractivity contribution in [3.63, 3.8) is 0 Å². The fourth-order valence-corrected chi connectivity index (χ4v) is 3.72. The number of hydrogen-bond acceptors (Lipinski definition) is 5. The summed E-state index contributed by atoms with van der Waals surface area (Å²) in [5.41, 5.74) is 3.80. The summed E-state index contributed by atoms with van der Waals surface area (Å²) in [6, 6.07) is 10.2. The van der Waals surface area contributed by atoms with Gasteiger partial charge in [-0.05, 0) is 31.2 Å². The van der Waals surface area contributed by atoms with E-state index in [9.17, 15) is 9.59 Å². The Morgan fingerprint density at radius 2 is 2.07 bits per heavy atom. The molecule has 9 heteroatoms. The Bertz CT molecular complexity index is 1280. The van der Waals surface area contributed by atoms with Gasteiger partial charge < -0.3 is 4.74 Å². The molecule has 152 valence electrons. The van der Waals surface area contributed by atoms with Gasteiger partial charge >= 0.3 is 0 Å². The van der Waals surface area contributed by atoms with Crippen molar-refractivity contribution >= 4 is 52.2 Å². The number of ether oxygens (including phenoxy) is 1. The summed E-state index contributed by atoms with van der Waals surface area (Å²) in [5.74, 6) is 0.0354. The third kappa shape index (κ3) is 3.81. The number of hydrazone groups is 1. The van der Waals surface area contributed by atoms with Crippen LogP contribution in [0.2, 0.25) is 10.0 Å². The molecular formula is C21H16Cl2N4O3. The van der Waals surface area contributed by atoms with E-state index in [0.29, 0.717) is 33.1 Å². The van der Waals surface area contributed by atoms with Crippen LogP contribution < -0.4 is 15.7 Å². The van der Waals surface area contributed by atoms with E-state index in [1.807, 2.05) is 6.08 Å². The number of fused-ring (bicyclic) bond motifs is 2. The quantitative estimate of drug-likeness (QED) is 0.490. The van der Waals surface area contributed by atoms with Crippen LogP contribution in [0.1, 0.15) is 23.0 Å². The first kappa shape index (κ1) is 20.1. The minimum absolute atomic E-state index is 0.127. The monoisotopic (exact) mass is 442 g/mol. The first-order chi connectivity index (χ1) is 14.5. The second kappa shape index (κ2) is 8.30. The third-order valence-corrected chi connectivity index (χ3v) is 5.04. The molecule has 0 radical (unpaired) electrons. The van der Waals surface area contributed by atoms with Crippen molar-refractivity contribution in [2.45, 2.75) is 13.5 Å². The van der Waals surface area contributed by atoms with E-state index in [4.69, 9.17) is 27.9 Å². The Morgan fingerprint density at radius 1 is 1.30 bits per heavy atom. The molecule has 0 atom stereocenters. The van der Waals surface area contributed by atoms with Crippen molar-refractivity contribution in [3.05, 3.63) is 73.6 Å². The zero-order valence-electron chi connectivity index (χ0n) is 15.9. The molecule has 2 heterocycles. The molecule has 1 aliphatic heterocycles. The minimum Gasteiger partial charge on any atom is -0.487 e. The SMILES string of the molecule is CCn1nc(C(=O)N/N=C/C2=Cc3cc(Cl)cc(Cl)c3OC2)c2ccccc2c1=O. The van der Waals surface area contributed by atoms with Crippen molar-refractivity contribution < 1.29 is 9.53 Å². The average molecular weight is 443 g/mol. The van der Waals surface area contributed by atoms with Gasteiger partial charge in [-0.25, -0.2) is 10.1 Å². The number of carbonyl (C=O) groups excluding carboxylic acids is 1. The Labute approximate surface area is 181 Å². The van der Waals surface area contributed by atoms with E-state index in [-0.39, 0.29) is 17.9 Å². The topological polar surface area (TPSA) is 85.6 Å². The van der Waals surface area contributed by atoms with E-state index < -0.39 is 5.91 Å². The summed E-state index contributed by atoms with van der Waals surface area (Å²) >= 11 is 12.2. The maximum absolute atomic E-state index is 12.7. The lowest BCUT2D eigenvalue weighted by molar-refractivity contribution is 0.0949. The van der Waals surface area contributed by atoms with Crippen molar-refractivity contribution in [1.29, 1.82) is 0 Å². The van der Waals surface area contributed by atoms with Crippen LogP contribution in [0.3, 0.4) is 0 Å². The predicted octanol–water partition coefficient (Wildman–Crippen LogP) is 3.91. The van der Waals surface area contributed by atoms with E-state index in [0.717, 1.165) is 11.1 Å². The molecule has 3 aromatic rings. The lowest BCUT2D eigenvalue weighted by Crippen LogP contribution is -2.28. The van der Waals surface area contributed by atoms with Gasteiger partial charge in [0.25, 0.3) is 11.5 Å². The first-order valence-electron chi connectivity index (χ1n) is 9.13. The van der Waals surface area contributed by atoms with Crippen molar-refractivity contribution in [2.24, 2.45) is 5.10 Å². The number of nitrogens with one attached hydrogen (secondary N) is 1. The molecule has 0 saturated carbocycles. The fourth-order valence-electron chi connectivity index (χ4n) is 3.16. The number of carbonyl (C=O) groups is 1. The number of rotatable bonds is 4. The standard InChI is InChI=1S/C21H16Cl2N4O3/c1-2-27-21(29)16-6-4-3-5-15(16)18(26-27)20(28)25-24-10-12-7-13-8-14(22)9-17(23)19(13)30-11-12/h3-10H,2,11H2,1H3,(H,25,28)/b24-10+. The number of nitrogens with zero attached hydrogens (tertiary/aromatic N) is 3. The highest BCUT2D eigenvalue weighted by molar-refractivity contribution is 6.36. The van der Waals surface area contributed by atoms with Crippen molar-refractivity contribution in [1.82, 2.24) is 15.2 Å². The minimum atomic E-state index is -0.520. The molecule has 0 aliphatic carbocycles. The van der Waals surface area contributed by atoms with Gasteiger partial charge in [-0.3, -0.25) is 9.59 Å². The van der Waals surface area contributed by atoms with E-state index >= 15 is 0 Å². The summed E-state index contributed by atoms with van der Waals surface area (Å²) in [5, 5.41) is 10.0. The molecule has 1 aromatic heterocycles. The van der Waals surface area contributed by atoms with Gasteiger partial charge in [0.05, 0.1) is 16.6 Å². The molecule has 0 saturated heterocycles. The largest absolute Gasteiger partial charge is 0.487 e. The molecule has 1 N–H and O–H groups in total. The van der Waals surface area contributed by atoms with Gasteiger partial charge in [0.1, 0.15) is 12.4 Å². The average Bonchev–Trinajstić information content (AvgIpc) is 2.73. The summed E-state index contributed by atoms with van der Waals surface area (Å²) in [6.45, 7) is 2.38. The summed E-state index contributed by atoms with van der Waals surface area (Å²) in [4.78, 5) is 25.1. The zero-order valence-corrected chi connectivity index (χ0v) is 17.4. The van der Waals surface area contributed by atoms with Gasteiger partial charge in [-0.2, -0.15) is 10.2 Å². The van der Waals surface area contributed by atoms with Crippen LogP contribution in [-0.4, -0.2) is 28.5 Å². The Morgan fingerprint density at radius 3 is 2.83 bits per heavy atom. The lowest BCUT2D eigenvalue weighted by atomic mass is 10.1. The van der Waals surface area contributed by atoms with Gasteiger partial charge in [0, 0.05) is 28.1 Å². The van der Waals surface area contributed by atoms with Crippen molar-refractivity contribution in [3.8, 4) is 5.75 Å². The van der Waals surface area contributed by atoms with Gasteiger partial charge in [0.15, 0.2) is 5.69 Å². The van der Waals surface area contributed by atoms with Gasteiger partial charge in [-0.1, -0.05) is 41.4 Å². The molecule has 0 unspecified atom stereocenters. The number of benzene rings is 2. The van der Waals surface area contributed by atoms with E-state index in [1.165, 1.54) is 10.9 Å². The van der Waals surface area contributed by atoms with Crippen LogP contribution in [0, 0.1) is 0 Å². The third-order valence-electron chi connectivity index (χ3n) is 4.54. The molecule has 4 rings (SSSR count). The number of aromatic nitrogens is 2. The highest BCUT2D eigenvalue weighted by Crippen LogP contribution is 2.36. The predicted molar refractivity (Wildman–Crippen MR) is 118 cm³/mol. The Hall–Kier alpha value is -3.16. The molecule has 1 aliphatic rings. The molecule has 0 spiro atoms. The van der Waals surface area contributed by atoms with Crippen LogP contribution in [0.5, 0.6) is 5.75 Å². The lowest BCUT2D eigenvalue weighted by Gasteiger charge is -2.17. The highest BCUT2D eigenvalue weighted by Gasteiger charge is 2.17.